The third kappa shape index (κ3) is 4.31. The lowest BCUT2D eigenvalue weighted by Crippen LogP contribution is -2.30. The van der Waals surface area contributed by atoms with Crippen molar-refractivity contribution in [1.82, 2.24) is 14.9 Å². The van der Waals surface area contributed by atoms with E-state index < -0.39 is 0 Å². The van der Waals surface area contributed by atoms with Crippen LogP contribution in [-0.2, 0) is 19.5 Å². The number of hydrogen-bond acceptors (Lipinski definition) is 4. The van der Waals surface area contributed by atoms with Gasteiger partial charge in [0.25, 0.3) is 0 Å². The molecule has 0 bridgehead atoms. The number of thioether (sulfide) groups is 1. The summed E-state index contributed by atoms with van der Waals surface area (Å²) >= 11 is 1.73. The molecule has 0 saturated heterocycles. The number of urea groups is 1. The molecule has 0 aliphatic carbocycles. The minimum Gasteiger partial charge on any atom is -0.314 e. The molecule has 5 nitrogen and oxygen atoms in total. The minimum atomic E-state index is -0.0902. The van der Waals surface area contributed by atoms with E-state index >= 15 is 0 Å². The molecule has 3 rings (SSSR count). The number of nitrogens with one attached hydrogen (secondary N) is 1. The van der Waals surface area contributed by atoms with Crippen LogP contribution in [0.5, 0.6) is 0 Å². The summed E-state index contributed by atoms with van der Waals surface area (Å²) in [4.78, 5) is 24.6. The average molecular weight is 356 g/mol. The molecule has 6 heteroatoms. The normalized spacial score (nSPS) is 13.2. The van der Waals surface area contributed by atoms with Crippen molar-refractivity contribution < 1.29 is 4.79 Å². The van der Waals surface area contributed by atoms with Crippen molar-refractivity contribution in [1.29, 1.82) is 0 Å². The molecule has 0 spiro atoms. The van der Waals surface area contributed by atoms with E-state index in [1.54, 1.807) is 16.7 Å². The van der Waals surface area contributed by atoms with Gasteiger partial charge in [-0.1, -0.05) is 32.9 Å². The molecule has 0 unspecified atom stereocenters. The van der Waals surface area contributed by atoms with Crippen LogP contribution in [-0.4, -0.2) is 26.7 Å². The second-order valence-corrected chi connectivity index (χ2v) is 7.88. The molecule has 0 saturated carbocycles. The summed E-state index contributed by atoms with van der Waals surface area (Å²) in [6.07, 6.45) is 2.73. The number of nitrogens with zero attached hydrogens (tertiary/aromatic N) is 3. The van der Waals surface area contributed by atoms with Gasteiger partial charge in [-0.25, -0.2) is 14.8 Å². The smallest absolute Gasteiger partial charge is 0.314 e. The molecule has 25 heavy (non-hydrogen) atoms. The Bertz CT molecular complexity index is 763. The topological polar surface area (TPSA) is 58.1 Å². The number of hydrogen-bond donors (Lipinski definition) is 1. The molecule has 2 aromatic rings. The van der Waals surface area contributed by atoms with E-state index in [-0.39, 0.29) is 6.03 Å². The zero-order valence-electron chi connectivity index (χ0n) is 15.0. The molecule has 1 aromatic carbocycles. The van der Waals surface area contributed by atoms with E-state index in [1.807, 2.05) is 30.5 Å². The number of anilines is 1. The maximum Gasteiger partial charge on any atom is 0.322 e. The van der Waals surface area contributed by atoms with Crippen molar-refractivity contribution in [3.8, 4) is 0 Å². The fourth-order valence-electron chi connectivity index (χ4n) is 2.85. The third-order valence-electron chi connectivity index (χ3n) is 4.01. The van der Waals surface area contributed by atoms with Crippen LogP contribution in [0.25, 0.3) is 0 Å². The fraction of sp³-hybridized carbons (Fsp3) is 0.421. The second-order valence-electron chi connectivity index (χ2n) is 6.57. The summed E-state index contributed by atoms with van der Waals surface area (Å²) in [7, 11) is 0. The second kappa shape index (κ2) is 7.87. The summed E-state index contributed by atoms with van der Waals surface area (Å²) in [5.41, 5.74) is 2.87. The van der Waals surface area contributed by atoms with Gasteiger partial charge in [0.1, 0.15) is 5.82 Å². The zero-order chi connectivity index (χ0) is 17.8. The Morgan fingerprint density at radius 1 is 1.32 bits per heavy atom. The van der Waals surface area contributed by atoms with Gasteiger partial charge in [-0.15, -0.1) is 11.8 Å². The fourth-order valence-corrected chi connectivity index (χ4v) is 3.61. The monoisotopic (exact) mass is 356 g/mol. The number of fused-ring (bicyclic) bond motifs is 1. The number of carbonyl (C=O) groups excluding carboxylic acids is 1. The molecular formula is C19H24N4OS. The van der Waals surface area contributed by atoms with Crippen LogP contribution < -0.4 is 5.32 Å². The van der Waals surface area contributed by atoms with Crippen molar-refractivity contribution in [3.63, 3.8) is 0 Å². The Morgan fingerprint density at radius 3 is 2.88 bits per heavy atom. The molecule has 1 aliphatic heterocycles. The number of carbonyl (C=O) groups is 1. The van der Waals surface area contributed by atoms with Crippen molar-refractivity contribution >= 4 is 23.5 Å². The number of aromatic nitrogens is 2. The first-order valence-corrected chi connectivity index (χ1v) is 9.66. The van der Waals surface area contributed by atoms with Gasteiger partial charge in [-0.2, -0.15) is 0 Å². The molecule has 1 N–H and O–H groups in total. The third-order valence-corrected chi connectivity index (χ3v) is 4.97. The van der Waals surface area contributed by atoms with E-state index in [0.29, 0.717) is 19.0 Å². The highest BCUT2D eigenvalue weighted by atomic mass is 32.2. The number of rotatable bonds is 5. The Kier molecular flexibility index (Phi) is 5.58. The SMILES string of the molecule is CCSc1ccccc1NC(=O)N1Cc2cnc(CC(C)C)nc2C1. The molecule has 1 aromatic heterocycles. The van der Waals surface area contributed by atoms with Crippen molar-refractivity contribution in [2.24, 2.45) is 5.92 Å². The highest BCUT2D eigenvalue weighted by Crippen LogP contribution is 2.28. The quantitative estimate of drug-likeness (QED) is 0.810. The highest BCUT2D eigenvalue weighted by Gasteiger charge is 2.25. The largest absolute Gasteiger partial charge is 0.322 e. The van der Waals surface area contributed by atoms with E-state index in [1.165, 1.54) is 0 Å². The number of para-hydroxylation sites is 1. The van der Waals surface area contributed by atoms with Gasteiger partial charge in [-0.3, -0.25) is 0 Å². The highest BCUT2D eigenvalue weighted by molar-refractivity contribution is 7.99. The van der Waals surface area contributed by atoms with Crippen molar-refractivity contribution in [2.75, 3.05) is 11.1 Å². The van der Waals surface area contributed by atoms with Crippen molar-refractivity contribution in [3.05, 3.63) is 47.5 Å². The van der Waals surface area contributed by atoms with Crippen LogP contribution in [0.3, 0.4) is 0 Å². The first-order chi connectivity index (χ1) is 12.1. The molecule has 132 valence electrons. The molecule has 0 radical (unpaired) electrons. The van der Waals surface area contributed by atoms with Gasteiger partial charge in [-0.05, 0) is 23.8 Å². The van der Waals surface area contributed by atoms with E-state index in [9.17, 15) is 4.79 Å². The standard InChI is InChI=1S/C19H24N4OS/c1-4-25-17-8-6-5-7-15(17)22-19(24)23-11-14-10-20-18(9-13(2)3)21-16(14)12-23/h5-8,10,13H,4,9,11-12H2,1-3H3,(H,22,24). The predicted octanol–water partition coefficient (Wildman–Crippen LogP) is 4.33. The first kappa shape index (κ1) is 17.7. The minimum absolute atomic E-state index is 0.0902. The van der Waals surface area contributed by atoms with Crippen LogP contribution in [0.4, 0.5) is 10.5 Å². The Labute approximate surface area is 153 Å². The van der Waals surface area contributed by atoms with Gasteiger partial charge in [0, 0.05) is 23.1 Å². The summed E-state index contributed by atoms with van der Waals surface area (Å²) in [5, 5.41) is 3.04. The molecule has 0 atom stereocenters. The Balaban J connectivity index is 1.68. The molecule has 2 amide bonds. The van der Waals surface area contributed by atoms with E-state index in [4.69, 9.17) is 0 Å². The lowest BCUT2D eigenvalue weighted by atomic mass is 10.1. The Morgan fingerprint density at radius 2 is 2.12 bits per heavy atom. The number of amides is 2. The van der Waals surface area contributed by atoms with E-state index in [0.717, 1.165) is 39.8 Å². The maximum atomic E-state index is 12.7. The van der Waals surface area contributed by atoms with Crippen LogP contribution >= 0.6 is 11.8 Å². The van der Waals surface area contributed by atoms with Gasteiger partial charge in [0.2, 0.25) is 0 Å². The van der Waals surface area contributed by atoms with Crippen LogP contribution in [0.15, 0.2) is 35.4 Å². The summed E-state index contributed by atoms with van der Waals surface area (Å²) in [6.45, 7) is 7.52. The predicted molar refractivity (Wildman–Crippen MR) is 102 cm³/mol. The van der Waals surface area contributed by atoms with Gasteiger partial charge in [0.05, 0.1) is 24.5 Å². The summed E-state index contributed by atoms with van der Waals surface area (Å²) < 4.78 is 0. The van der Waals surface area contributed by atoms with E-state index in [2.05, 4.69) is 36.1 Å². The lowest BCUT2D eigenvalue weighted by molar-refractivity contribution is 0.212. The molecule has 0 fully saturated rings. The van der Waals surface area contributed by atoms with Crippen LogP contribution in [0.1, 0.15) is 37.9 Å². The van der Waals surface area contributed by atoms with Gasteiger partial charge < -0.3 is 10.2 Å². The van der Waals surface area contributed by atoms with Gasteiger partial charge >= 0.3 is 6.03 Å². The van der Waals surface area contributed by atoms with Crippen LogP contribution in [0.2, 0.25) is 0 Å². The van der Waals surface area contributed by atoms with Gasteiger partial charge in [0.15, 0.2) is 0 Å². The average Bonchev–Trinajstić information content (AvgIpc) is 3.00. The first-order valence-electron chi connectivity index (χ1n) is 8.68. The molecule has 1 aliphatic rings. The lowest BCUT2D eigenvalue weighted by Gasteiger charge is -2.17. The maximum absolute atomic E-state index is 12.7. The van der Waals surface area contributed by atoms with Crippen molar-refractivity contribution in [2.45, 2.75) is 45.2 Å². The Hall–Kier alpha value is -2.08. The molecular weight excluding hydrogens is 332 g/mol. The number of benzene rings is 1. The summed E-state index contributed by atoms with van der Waals surface area (Å²) in [6, 6.07) is 7.82. The summed E-state index contributed by atoms with van der Waals surface area (Å²) in [5.74, 6) is 2.35. The molecule has 2 heterocycles. The van der Waals surface area contributed by atoms with Crippen LogP contribution in [0, 0.1) is 5.92 Å². The zero-order valence-corrected chi connectivity index (χ0v) is 15.8.